The Balaban J connectivity index is 1.63. The van der Waals surface area contributed by atoms with Gasteiger partial charge in [0.25, 0.3) is 0 Å². The highest BCUT2D eigenvalue weighted by Crippen LogP contribution is 2.30. The summed E-state index contributed by atoms with van der Waals surface area (Å²) in [6.45, 7) is 1.47. The number of ether oxygens (including phenoxy) is 1. The van der Waals surface area contributed by atoms with E-state index in [2.05, 4.69) is 9.98 Å². The zero-order chi connectivity index (χ0) is 20.4. The van der Waals surface area contributed by atoms with E-state index in [0.29, 0.717) is 21.4 Å². The number of carbonyl (C=O) groups excluding carboxylic acids is 2. The zero-order valence-electron chi connectivity index (χ0n) is 15.2. The quantitative estimate of drug-likeness (QED) is 0.445. The summed E-state index contributed by atoms with van der Waals surface area (Å²) in [5.41, 5.74) is 1.97. The number of rotatable bonds is 4. The maximum atomic E-state index is 12.2. The average molecular weight is 424 g/mol. The van der Waals surface area contributed by atoms with E-state index < -0.39 is 5.97 Å². The maximum absolute atomic E-state index is 12.2. The van der Waals surface area contributed by atoms with Crippen molar-refractivity contribution in [2.75, 3.05) is 4.90 Å². The number of para-hydroxylation sites is 1. The molecule has 1 aliphatic rings. The number of hydrogen-bond donors (Lipinski definition) is 0. The molecule has 1 amide bonds. The normalized spacial score (nSPS) is 14.6. The van der Waals surface area contributed by atoms with Crippen LogP contribution in [0.1, 0.15) is 18.2 Å². The van der Waals surface area contributed by atoms with Crippen molar-refractivity contribution in [3.8, 4) is 0 Å². The minimum absolute atomic E-state index is 0.130. The number of cyclic esters (lactones) is 1. The molecule has 0 unspecified atom stereocenters. The molecule has 0 aliphatic carbocycles. The SMILES string of the molecule is CC(=O)N(c1ccccc1)c1nc(/C=C2\N=C(c3cccc(Cl)c3)OC2=O)cs1. The van der Waals surface area contributed by atoms with Crippen molar-refractivity contribution in [1.29, 1.82) is 0 Å². The van der Waals surface area contributed by atoms with Gasteiger partial charge in [0.1, 0.15) is 0 Å². The molecule has 0 bridgehead atoms. The van der Waals surface area contributed by atoms with Gasteiger partial charge in [-0.1, -0.05) is 35.9 Å². The molecule has 1 aromatic heterocycles. The second-order valence-corrected chi connectivity index (χ2v) is 7.36. The second-order valence-electron chi connectivity index (χ2n) is 6.09. The molecule has 0 radical (unpaired) electrons. The number of nitrogens with zero attached hydrogens (tertiary/aromatic N) is 3. The minimum Gasteiger partial charge on any atom is -0.402 e. The van der Waals surface area contributed by atoms with E-state index >= 15 is 0 Å². The summed E-state index contributed by atoms with van der Waals surface area (Å²) < 4.78 is 5.24. The number of esters is 1. The fraction of sp³-hybridized carbons (Fsp3) is 0.0476. The molecule has 3 aromatic rings. The Hall–Kier alpha value is -3.29. The Morgan fingerprint density at radius 3 is 2.69 bits per heavy atom. The van der Waals surface area contributed by atoms with Gasteiger partial charge in [-0.25, -0.2) is 14.8 Å². The molecule has 2 aromatic carbocycles. The van der Waals surface area contributed by atoms with Crippen molar-refractivity contribution < 1.29 is 14.3 Å². The van der Waals surface area contributed by atoms with Crippen LogP contribution in [0.2, 0.25) is 5.02 Å². The van der Waals surface area contributed by atoms with Crippen LogP contribution >= 0.6 is 22.9 Å². The van der Waals surface area contributed by atoms with E-state index in [9.17, 15) is 9.59 Å². The van der Waals surface area contributed by atoms with Crippen molar-refractivity contribution in [3.63, 3.8) is 0 Å². The van der Waals surface area contributed by atoms with Crippen LogP contribution in [-0.4, -0.2) is 22.8 Å². The first-order chi connectivity index (χ1) is 14.0. The third-order valence-corrected chi connectivity index (χ3v) is 5.09. The first-order valence-corrected chi connectivity index (χ1v) is 9.87. The number of amides is 1. The summed E-state index contributed by atoms with van der Waals surface area (Å²) in [6, 6.07) is 16.1. The number of hydrogen-bond acceptors (Lipinski definition) is 6. The van der Waals surface area contributed by atoms with Gasteiger partial charge in [-0.05, 0) is 36.4 Å². The van der Waals surface area contributed by atoms with Gasteiger partial charge in [0.15, 0.2) is 10.8 Å². The summed E-state index contributed by atoms with van der Waals surface area (Å²) in [4.78, 5) is 34.6. The fourth-order valence-corrected chi connectivity index (χ4v) is 3.78. The predicted octanol–water partition coefficient (Wildman–Crippen LogP) is 4.83. The molecule has 144 valence electrons. The second kappa shape index (κ2) is 7.98. The smallest absolute Gasteiger partial charge is 0.363 e. The minimum atomic E-state index is -0.569. The highest BCUT2D eigenvalue weighted by Gasteiger charge is 2.25. The molecule has 2 heterocycles. The van der Waals surface area contributed by atoms with E-state index in [0.717, 1.165) is 5.69 Å². The van der Waals surface area contributed by atoms with Crippen LogP contribution < -0.4 is 4.90 Å². The van der Waals surface area contributed by atoms with E-state index in [-0.39, 0.29) is 17.5 Å². The van der Waals surface area contributed by atoms with Crippen molar-refractivity contribution >= 4 is 57.6 Å². The third kappa shape index (κ3) is 4.11. The molecular formula is C21H14ClN3O3S. The van der Waals surface area contributed by atoms with Crippen LogP contribution in [0.3, 0.4) is 0 Å². The molecule has 0 fully saturated rings. The Morgan fingerprint density at radius 1 is 1.17 bits per heavy atom. The van der Waals surface area contributed by atoms with Crippen LogP contribution in [0, 0.1) is 0 Å². The number of aromatic nitrogens is 1. The molecular weight excluding hydrogens is 410 g/mol. The lowest BCUT2D eigenvalue weighted by molar-refractivity contribution is -0.130. The van der Waals surface area contributed by atoms with Gasteiger partial charge >= 0.3 is 5.97 Å². The van der Waals surface area contributed by atoms with Crippen molar-refractivity contribution in [2.45, 2.75) is 6.92 Å². The molecule has 6 nitrogen and oxygen atoms in total. The van der Waals surface area contributed by atoms with Crippen molar-refractivity contribution in [2.24, 2.45) is 4.99 Å². The van der Waals surface area contributed by atoms with Crippen LogP contribution in [-0.2, 0) is 14.3 Å². The maximum Gasteiger partial charge on any atom is 0.363 e. The Morgan fingerprint density at radius 2 is 1.97 bits per heavy atom. The molecule has 29 heavy (non-hydrogen) atoms. The molecule has 0 saturated carbocycles. The molecule has 0 atom stereocenters. The average Bonchev–Trinajstić information content (AvgIpc) is 3.30. The zero-order valence-corrected chi connectivity index (χ0v) is 16.8. The number of aliphatic imine (C=N–C) groups is 1. The summed E-state index contributed by atoms with van der Waals surface area (Å²) in [6.07, 6.45) is 1.53. The molecule has 0 saturated heterocycles. The summed E-state index contributed by atoms with van der Waals surface area (Å²) >= 11 is 7.28. The Bertz CT molecular complexity index is 1150. The van der Waals surface area contributed by atoms with E-state index in [4.69, 9.17) is 16.3 Å². The lowest BCUT2D eigenvalue weighted by Crippen LogP contribution is -2.22. The Kier molecular flexibility index (Phi) is 5.24. The van der Waals surface area contributed by atoms with Crippen LogP contribution in [0.5, 0.6) is 0 Å². The highest BCUT2D eigenvalue weighted by molar-refractivity contribution is 7.14. The van der Waals surface area contributed by atoms with Crippen LogP contribution in [0.15, 0.2) is 70.7 Å². The number of anilines is 2. The first-order valence-electron chi connectivity index (χ1n) is 8.61. The predicted molar refractivity (Wildman–Crippen MR) is 113 cm³/mol. The van der Waals surface area contributed by atoms with Gasteiger partial charge in [0.05, 0.1) is 11.4 Å². The van der Waals surface area contributed by atoms with Crippen molar-refractivity contribution in [1.82, 2.24) is 4.98 Å². The first kappa shape index (κ1) is 19.0. The molecule has 8 heteroatoms. The van der Waals surface area contributed by atoms with Crippen molar-refractivity contribution in [3.05, 3.63) is 82.0 Å². The fourth-order valence-electron chi connectivity index (χ4n) is 2.74. The number of benzene rings is 2. The van der Waals surface area contributed by atoms with Gasteiger partial charge < -0.3 is 4.74 Å². The highest BCUT2D eigenvalue weighted by atomic mass is 35.5. The molecule has 1 aliphatic heterocycles. The number of carbonyl (C=O) groups is 2. The topological polar surface area (TPSA) is 71.9 Å². The van der Waals surface area contributed by atoms with Crippen LogP contribution in [0.4, 0.5) is 10.8 Å². The Labute approximate surface area is 175 Å². The molecule has 0 spiro atoms. The number of thiazole rings is 1. The van der Waals surface area contributed by atoms with E-state index in [1.165, 1.54) is 29.2 Å². The molecule has 4 rings (SSSR count). The van der Waals surface area contributed by atoms with Gasteiger partial charge in [0.2, 0.25) is 11.8 Å². The standard InChI is InChI=1S/C21H14ClN3O3S/c1-13(26)25(17-8-3-2-4-9-17)21-23-16(12-29-21)11-18-20(27)28-19(24-18)14-6-5-7-15(22)10-14/h2-12H,1H3/b18-11-. The van der Waals surface area contributed by atoms with Gasteiger partial charge in [-0.15, -0.1) is 11.3 Å². The van der Waals surface area contributed by atoms with Gasteiger partial charge in [-0.3, -0.25) is 9.69 Å². The third-order valence-electron chi connectivity index (χ3n) is 4.01. The largest absolute Gasteiger partial charge is 0.402 e. The molecule has 0 N–H and O–H groups in total. The van der Waals surface area contributed by atoms with E-state index in [1.807, 2.05) is 30.3 Å². The van der Waals surface area contributed by atoms with Gasteiger partial charge in [-0.2, -0.15) is 0 Å². The summed E-state index contributed by atoms with van der Waals surface area (Å²) in [5, 5.41) is 2.77. The lowest BCUT2D eigenvalue weighted by atomic mass is 10.2. The summed E-state index contributed by atoms with van der Waals surface area (Å²) in [7, 11) is 0. The summed E-state index contributed by atoms with van der Waals surface area (Å²) in [5.74, 6) is -0.541. The number of halogens is 1. The van der Waals surface area contributed by atoms with Crippen LogP contribution in [0.25, 0.3) is 6.08 Å². The monoisotopic (exact) mass is 423 g/mol. The van der Waals surface area contributed by atoms with Gasteiger partial charge in [0, 0.05) is 22.9 Å². The lowest BCUT2D eigenvalue weighted by Gasteiger charge is -2.17. The van der Waals surface area contributed by atoms with E-state index in [1.54, 1.807) is 29.6 Å².